The molecule has 1 aliphatic rings. The van der Waals surface area contributed by atoms with Crippen LogP contribution in [0.4, 0.5) is 0 Å². The number of hydrogen-bond acceptors (Lipinski definition) is 5. The SMILES string of the molecule is CCn1c(SCC2C=CC=C(C#N)C=C2)nnc1-c1ccc(Cl)s1. The molecule has 0 radical (unpaired) electrons. The molecule has 0 amide bonds. The van der Waals surface area contributed by atoms with Crippen LogP contribution < -0.4 is 0 Å². The van der Waals surface area contributed by atoms with Crippen LogP contribution in [0.3, 0.4) is 0 Å². The number of thiophene rings is 1. The number of rotatable bonds is 5. The smallest absolute Gasteiger partial charge is 0.191 e. The third-order valence-corrected chi connectivity index (χ3v) is 5.86. The van der Waals surface area contributed by atoms with Crippen molar-refractivity contribution in [1.82, 2.24) is 14.8 Å². The van der Waals surface area contributed by atoms with Crippen LogP contribution in [0.1, 0.15) is 6.92 Å². The molecule has 122 valence electrons. The van der Waals surface area contributed by atoms with Crippen LogP contribution in [0.5, 0.6) is 0 Å². The standard InChI is InChI=1S/C17H15ClN4S2/c1-2-22-16(14-8-9-15(18)24-14)20-21-17(22)23-11-13-5-3-4-12(10-19)6-7-13/h3-9,13H,2,11H2,1H3. The van der Waals surface area contributed by atoms with Crippen LogP contribution in [0.25, 0.3) is 10.7 Å². The van der Waals surface area contributed by atoms with Crippen LogP contribution in [-0.4, -0.2) is 20.5 Å². The molecule has 0 bridgehead atoms. The van der Waals surface area contributed by atoms with Crippen molar-refractivity contribution >= 4 is 34.7 Å². The lowest BCUT2D eigenvalue weighted by atomic mass is 10.1. The van der Waals surface area contributed by atoms with Crippen molar-refractivity contribution in [3.05, 3.63) is 52.4 Å². The molecule has 24 heavy (non-hydrogen) atoms. The van der Waals surface area contributed by atoms with E-state index in [1.54, 1.807) is 11.8 Å². The van der Waals surface area contributed by atoms with Crippen molar-refractivity contribution in [2.75, 3.05) is 5.75 Å². The Morgan fingerprint density at radius 2 is 2.25 bits per heavy atom. The molecule has 0 aliphatic heterocycles. The fourth-order valence-electron chi connectivity index (χ4n) is 2.30. The Morgan fingerprint density at radius 3 is 2.96 bits per heavy atom. The molecular formula is C17H15ClN4S2. The molecule has 2 heterocycles. The largest absolute Gasteiger partial charge is 0.302 e. The molecule has 3 rings (SSSR count). The van der Waals surface area contributed by atoms with Gasteiger partial charge in [0.1, 0.15) is 0 Å². The first-order chi connectivity index (χ1) is 11.7. The summed E-state index contributed by atoms with van der Waals surface area (Å²) in [7, 11) is 0. The average molecular weight is 375 g/mol. The van der Waals surface area contributed by atoms with E-state index in [2.05, 4.69) is 39.9 Å². The Kier molecular flexibility index (Phi) is 5.56. The lowest BCUT2D eigenvalue weighted by Crippen LogP contribution is -2.01. The first-order valence-electron chi connectivity index (χ1n) is 7.49. The van der Waals surface area contributed by atoms with E-state index in [1.165, 1.54) is 11.3 Å². The average Bonchev–Trinajstić information content (AvgIpc) is 3.12. The number of halogens is 1. The molecular weight excluding hydrogens is 360 g/mol. The predicted octanol–water partition coefficient (Wildman–Crippen LogP) is 4.96. The summed E-state index contributed by atoms with van der Waals surface area (Å²) in [6, 6.07) is 6.01. The number of thioether (sulfide) groups is 1. The monoisotopic (exact) mass is 374 g/mol. The van der Waals surface area contributed by atoms with Crippen LogP contribution in [0.15, 0.2) is 53.2 Å². The van der Waals surface area contributed by atoms with Gasteiger partial charge in [-0.3, -0.25) is 0 Å². The third kappa shape index (κ3) is 3.81. The minimum absolute atomic E-state index is 0.263. The number of aromatic nitrogens is 3. The molecule has 0 N–H and O–H groups in total. The van der Waals surface area contributed by atoms with E-state index >= 15 is 0 Å². The minimum Gasteiger partial charge on any atom is -0.302 e. The molecule has 1 aliphatic carbocycles. The molecule has 1 unspecified atom stereocenters. The first kappa shape index (κ1) is 17.0. The zero-order valence-electron chi connectivity index (χ0n) is 13.0. The molecule has 0 fully saturated rings. The molecule has 0 saturated heterocycles. The number of allylic oxidation sites excluding steroid dienone is 6. The van der Waals surface area contributed by atoms with Gasteiger partial charge in [-0.25, -0.2) is 0 Å². The third-order valence-electron chi connectivity index (χ3n) is 3.52. The first-order valence-corrected chi connectivity index (χ1v) is 9.67. The molecule has 4 nitrogen and oxygen atoms in total. The Balaban J connectivity index is 1.73. The van der Waals surface area contributed by atoms with Gasteiger partial charge in [-0.15, -0.1) is 21.5 Å². The number of hydrogen-bond donors (Lipinski definition) is 0. The van der Waals surface area contributed by atoms with Crippen LogP contribution in [-0.2, 0) is 6.54 Å². The van der Waals surface area contributed by atoms with Crippen LogP contribution >= 0.6 is 34.7 Å². The summed E-state index contributed by atoms with van der Waals surface area (Å²) >= 11 is 9.21. The van der Waals surface area contributed by atoms with E-state index in [0.29, 0.717) is 5.57 Å². The Bertz CT molecular complexity index is 854. The normalized spacial score (nSPS) is 16.7. The summed E-state index contributed by atoms with van der Waals surface area (Å²) in [5.74, 6) is 1.97. The van der Waals surface area contributed by atoms with Gasteiger partial charge >= 0.3 is 0 Å². The van der Waals surface area contributed by atoms with Gasteiger partial charge in [0.25, 0.3) is 0 Å². The van der Waals surface area contributed by atoms with Crippen molar-refractivity contribution in [2.45, 2.75) is 18.6 Å². The Hall–Kier alpha value is -1.81. The second-order valence-electron chi connectivity index (χ2n) is 5.11. The summed E-state index contributed by atoms with van der Waals surface area (Å²) in [6.07, 6.45) is 9.79. The minimum atomic E-state index is 0.263. The maximum absolute atomic E-state index is 8.95. The van der Waals surface area contributed by atoms with Crippen molar-refractivity contribution in [3.8, 4) is 16.8 Å². The van der Waals surface area contributed by atoms with Gasteiger partial charge in [-0.2, -0.15) is 5.26 Å². The maximum Gasteiger partial charge on any atom is 0.191 e. The molecule has 7 heteroatoms. The molecule has 2 aromatic rings. The molecule has 1 atom stereocenters. The highest BCUT2D eigenvalue weighted by Gasteiger charge is 2.16. The van der Waals surface area contributed by atoms with E-state index in [0.717, 1.165) is 32.5 Å². The highest BCUT2D eigenvalue weighted by molar-refractivity contribution is 7.99. The van der Waals surface area contributed by atoms with E-state index in [1.807, 2.05) is 30.4 Å². The maximum atomic E-state index is 8.95. The van der Waals surface area contributed by atoms with Crippen molar-refractivity contribution in [2.24, 2.45) is 5.92 Å². The molecule has 0 spiro atoms. The lowest BCUT2D eigenvalue weighted by molar-refractivity contribution is 0.687. The van der Waals surface area contributed by atoms with Gasteiger partial charge in [0.15, 0.2) is 11.0 Å². The van der Waals surface area contributed by atoms with Gasteiger partial charge in [0, 0.05) is 18.2 Å². The fraction of sp³-hybridized carbons (Fsp3) is 0.235. The van der Waals surface area contributed by atoms with E-state index in [4.69, 9.17) is 16.9 Å². The Morgan fingerprint density at radius 1 is 1.38 bits per heavy atom. The quantitative estimate of drug-likeness (QED) is 0.693. The molecule has 0 aromatic carbocycles. The Labute approximate surface area is 154 Å². The van der Waals surface area contributed by atoms with E-state index in [-0.39, 0.29) is 5.92 Å². The second kappa shape index (κ2) is 7.84. The van der Waals surface area contributed by atoms with Gasteiger partial charge in [-0.05, 0) is 31.2 Å². The zero-order chi connectivity index (χ0) is 16.9. The fourth-order valence-corrected chi connectivity index (χ4v) is 4.37. The topological polar surface area (TPSA) is 54.5 Å². The summed E-state index contributed by atoms with van der Waals surface area (Å²) in [5.41, 5.74) is 0.673. The number of nitrogens with zero attached hydrogens (tertiary/aromatic N) is 4. The predicted molar refractivity (Wildman–Crippen MR) is 100 cm³/mol. The summed E-state index contributed by atoms with van der Waals surface area (Å²) in [4.78, 5) is 1.03. The molecule has 0 saturated carbocycles. The number of nitriles is 1. The lowest BCUT2D eigenvalue weighted by Gasteiger charge is -2.08. The zero-order valence-corrected chi connectivity index (χ0v) is 15.4. The van der Waals surface area contributed by atoms with E-state index < -0.39 is 0 Å². The second-order valence-corrected chi connectivity index (χ2v) is 7.81. The van der Waals surface area contributed by atoms with Crippen molar-refractivity contribution in [1.29, 1.82) is 5.26 Å². The summed E-state index contributed by atoms with van der Waals surface area (Å²) in [6.45, 7) is 2.89. The van der Waals surface area contributed by atoms with Gasteiger partial charge in [0.05, 0.1) is 20.9 Å². The van der Waals surface area contributed by atoms with Gasteiger partial charge in [0.2, 0.25) is 0 Å². The van der Waals surface area contributed by atoms with Gasteiger partial charge in [-0.1, -0.05) is 41.6 Å². The van der Waals surface area contributed by atoms with Crippen molar-refractivity contribution < 1.29 is 0 Å². The highest BCUT2D eigenvalue weighted by atomic mass is 35.5. The summed E-state index contributed by atoms with van der Waals surface area (Å²) in [5, 5.41) is 18.5. The van der Waals surface area contributed by atoms with Gasteiger partial charge < -0.3 is 4.57 Å². The highest BCUT2D eigenvalue weighted by Crippen LogP contribution is 2.32. The van der Waals surface area contributed by atoms with E-state index in [9.17, 15) is 0 Å². The van der Waals surface area contributed by atoms with Crippen LogP contribution in [0.2, 0.25) is 4.34 Å². The molecule has 2 aromatic heterocycles. The van der Waals surface area contributed by atoms with Crippen molar-refractivity contribution in [3.63, 3.8) is 0 Å². The van der Waals surface area contributed by atoms with Crippen LogP contribution in [0, 0.1) is 17.2 Å². The summed E-state index contributed by atoms with van der Waals surface area (Å²) < 4.78 is 2.86.